The Kier molecular flexibility index (Phi) is 4.39. The zero-order chi connectivity index (χ0) is 18.1. The van der Waals surface area contributed by atoms with Crippen molar-refractivity contribution < 1.29 is 4.79 Å². The van der Waals surface area contributed by atoms with Gasteiger partial charge in [0, 0.05) is 33.8 Å². The lowest BCUT2D eigenvalue weighted by molar-refractivity contribution is 0.0720. The Morgan fingerprint density at radius 1 is 1.24 bits per heavy atom. The van der Waals surface area contributed by atoms with Crippen LogP contribution in [0, 0.1) is 0 Å². The van der Waals surface area contributed by atoms with Crippen molar-refractivity contribution >= 4 is 11.7 Å². The lowest BCUT2D eigenvalue weighted by atomic mass is 10.1. The van der Waals surface area contributed by atoms with Crippen LogP contribution in [-0.4, -0.2) is 43.5 Å². The van der Waals surface area contributed by atoms with Gasteiger partial charge in [0.15, 0.2) is 0 Å². The summed E-state index contributed by atoms with van der Waals surface area (Å²) in [5, 5.41) is 2.93. The van der Waals surface area contributed by atoms with Crippen molar-refractivity contribution in [3.05, 3.63) is 50.7 Å². The minimum absolute atomic E-state index is 0.0812. The van der Waals surface area contributed by atoms with Gasteiger partial charge < -0.3 is 10.2 Å². The molecular formula is C16H20N6O3. The van der Waals surface area contributed by atoms with Crippen molar-refractivity contribution in [3.63, 3.8) is 0 Å². The molecule has 9 nitrogen and oxygen atoms in total. The van der Waals surface area contributed by atoms with E-state index in [-0.39, 0.29) is 17.6 Å². The highest BCUT2D eigenvalue weighted by molar-refractivity contribution is 5.93. The first-order valence-corrected chi connectivity index (χ1v) is 8.01. The highest BCUT2D eigenvalue weighted by Crippen LogP contribution is 2.31. The summed E-state index contributed by atoms with van der Waals surface area (Å²) in [5.41, 5.74) is -0.257. The van der Waals surface area contributed by atoms with E-state index < -0.39 is 11.2 Å². The maximum absolute atomic E-state index is 13.0. The Balaban J connectivity index is 1.99. The van der Waals surface area contributed by atoms with E-state index in [1.807, 2.05) is 0 Å². The minimum Gasteiger partial charge on any atom is -0.372 e. The first kappa shape index (κ1) is 16.9. The predicted octanol–water partition coefficient (Wildman–Crippen LogP) is -0.107. The van der Waals surface area contributed by atoms with Crippen molar-refractivity contribution in [3.8, 4) is 0 Å². The molecule has 0 saturated carbocycles. The summed E-state index contributed by atoms with van der Waals surface area (Å²) < 4.78 is 2.18. The Bertz CT molecular complexity index is 932. The molecular weight excluding hydrogens is 324 g/mol. The predicted molar refractivity (Wildman–Crippen MR) is 91.5 cm³/mol. The number of aromatic nitrogens is 4. The number of rotatable bonds is 3. The van der Waals surface area contributed by atoms with E-state index in [9.17, 15) is 14.4 Å². The van der Waals surface area contributed by atoms with Crippen LogP contribution in [0.25, 0.3) is 0 Å². The lowest BCUT2D eigenvalue weighted by Gasteiger charge is -2.25. The van der Waals surface area contributed by atoms with Gasteiger partial charge in [-0.2, -0.15) is 0 Å². The van der Waals surface area contributed by atoms with Crippen molar-refractivity contribution in [1.82, 2.24) is 24.0 Å². The number of hydrogen-bond donors (Lipinski definition) is 1. The van der Waals surface area contributed by atoms with Crippen LogP contribution in [0.5, 0.6) is 0 Å². The molecule has 1 saturated heterocycles. The van der Waals surface area contributed by atoms with E-state index in [1.54, 1.807) is 24.3 Å². The van der Waals surface area contributed by atoms with Crippen molar-refractivity contribution in [2.45, 2.75) is 18.9 Å². The van der Waals surface area contributed by atoms with Crippen molar-refractivity contribution in [2.75, 3.05) is 18.9 Å². The van der Waals surface area contributed by atoms with Crippen LogP contribution in [0.2, 0.25) is 0 Å². The zero-order valence-electron chi connectivity index (χ0n) is 14.4. The molecule has 1 N–H and O–H groups in total. The van der Waals surface area contributed by atoms with E-state index in [4.69, 9.17) is 0 Å². The molecule has 0 aliphatic carbocycles. The van der Waals surface area contributed by atoms with E-state index in [0.717, 1.165) is 17.4 Å². The molecule has 132 valence electrons. The number of nitrogens with one attached hydrogen (secondary N) is 1. The van der Waals surface area contributed by atoms with Gasteiger partial charge in [-0.05, 0) is 12.8 Å². The molecule has 2 aromatic heterocycles. The maximum Gasteiger partial charge on any atom is 0.331 e. The van der Waals surface area contributed by atoms with E-state index in [0.29, 0.717) is 18.1 Å². The minimum atomic E-state index is -0.524. The van der Waals surface area contributed by atoms with Crippen LogP contribution >= 0.6 is 0 Å². The molecule has 9 heteroatoms. The molecule has 1 fully saturated rings. The first-order valence-electron chi connectivity index (χ1n) is 8.01. The van der Waals surface area contributed by atoms with E-state index in [2.05, 4.69) is 15.3 Å². The smallest absolute Gasteiger partial charge is 0.331 e. The van der Waals surface area contributed by atoms with Crippen molar-refractivity contribution in [1.29, 1.82) is 0 Å². The summed E-state index contributed by atoms with van der Waals surface area (Å²) in [6.45, 7) is 0.540. The molecule has 3 heterocycles. The third-order valence-corrected chi connectivity index (χ3v) is 4.51. The second-order valence-corrected chi connectivity index (χ2v) is 6.00. The zero-order valence-corrected chi connectivity index (χ0v) is 14.4. The molecule has 1 aliphatic rings. The SMILES string of the molecule is CNc1cncc(C2CCCN2C(=O)c2cc(=O)n(C)c(=O)n2C)n1. The summed E-state index contributed by atoms with van der Waals surface area (Å²) >= 11 is 0. The number of carbonyl (C=O) groups is 1. The number of carbonyl (C=O) groups excluding carboxylic acids is 1. The topological polar surface area (TPSA) is 102 Å². The molecule has 1 amide bonds. The Morgan fingerprint density at radius 3 is 2.72 bits per heavy atom. The van der Waals surface area contributed by atoms with Crippen molar-refractivity contribution in [2.24, 2.45) is 14.1 Å². The van der Waals surface area contributed by atoms with Crippen LogP contribution < -0.4 is 16.6 Å². The van der Waals surface area contributed by atoms with Gasteiger partial charge in [0.25, 0.3) is 11.5 Å². The third-order valence-electron chi connectivity index (χ3n) is 4.51. The van der Waals surface area contributed by atoms with Crippen LogP contribution in [0.1, 0.15) is 35.1 Å². The second kappa shape index (κ2) is 6.50. The Hall–Kier alpha value is -2.97. The lowest BCUT2D eigenvalue weighted by Crippen LogP contribution is -2.42. The molecule has 1 atom stereocenters. The van der Waals surface area contributed by atoms with Gasteiger partial charge in [-0.3, -0.25) is 23.7 Å². The third kappa shape index (κ3) is 2.92. The molecule has 3 rings (SSSR count). The highest BCUT2D eigenvalue weighted by Gasteiger charge is 2.33. The van der Waals surface area contributed by atoms with Crippen LogP contribution in [0.4, 0.5) is 5.82 Å². The molecule has 1 aliphatic heterocycles. The number of anilines is 1. The summed E-state index contributed by atoms with van der Waals surface area (Å²) in [7, 11) is 4.62. The quantitative estimate of drug-likeness (QED) is 0.834. The summed E-state index contributed by atoms with van der Waals surface area (Å²) in [6.07, 6.45) is 4.82. The standard InChI is InChI=1S/C16H20N6O3/c1-17-13-9-18-8-10(19-13)11-5-4-6-22(11)15(24)12-7-14(23)21(3)16(25)20(12)2/h7-9,11H,4-6H2,1-3H3,(H,17,19). The van der Waals surface area contributed by atoms with Gasteiger partial charge >= 0.3 is 5.69 Å². The number of nitrogens with zero attached hydrogens (tertiary/aromatic N) is 5. The first-order chi connectivity index (χ1) is 11.9. The summed E-state index contributed by atoms with van der Waals surface area (Å²) in [5.74, 6) is 0.272. The van der Waals surface area contributed by atoms with Crippen LogP contribution in [0.3, 0.4) is 0 Å². The largest absolute Gasteiger partial charge is 0.372 e. The van der Waals surface area contributed by atoms with E-state index in [1.165, 1.54) is 24.7 Å². The fraction of sp³-hybridized carbons (Fsp3) is 0.438. The van der Waals surface area contributed by atoms with Crippen LogP contribution in [-0.2, 0) is 14.1 Å². The molecule has 1 unspecified atom stereocenters. The van der Waals surface area contributed by atoms with E-state index >= 15 is 0 Å². The van der Waals surface area contributed by atoms with Gasteiger partial charge in [-0.15, -0.1) is 0 Å². The number of hydrogen-bond acceptors (Lipinski definition) is 6. The maximum atomic E-state index is 13.0. The molecule has 0 spiro atoms. The van der Waals surface area contributed by atoms with Crippen LogP contribution in [0.15, 0.2) is 28.0 Å². The fourth-order valence-corrected chi connectivity index (χ4v) is 3.06. The van der Waals surface area contributed by atoms with Gasteiger partial charge in [0.1, 0.15) is 11.5 Å². The average Bonchev–Trinajstić information content (AvgIpc) is 3.12. The Morgan fingerprint density at radius 2 is 2.00 bits per heavy atom. The monoisotopic (exact) mass is 344 g/mol. The van der Waals surface area contributed by atoms with Gasteiger partial charge in [0.2, 0.25) is 0 Å². The van der Waals surface area contributed by atoms with Gasteiger partial charge in [0.05, 0.1) is 24.1 Å². The molecule has 0 aromatic carbocycles. The molecule has 25 heavy (non-hydrogen) atoms. The normalized spacial score (nSPS) is 16.9. The highest BCUT2D eigenvalue weighted by atomic mass is 16.2. The number of likely N-dealkylation sites (tertiary alicyclic amines) is 1. The van der Waals surface area contributed by atoms with Gasteiger partial charge in [-0.25, -0.2) is 9.78 Å². The second-order valence-electron chi connectivity index (χ2n) is 6.00. The average molecular weight is 344 g/mol. The molecule has 0 radical (unpaired) electrons. The van der Waals surface area contributed by atoms with Gasteiger partial charge in [-0.1, -0.05) is 0 Å². The Labute approximate surface area is 143 Å². The summed E-state index contributed by atoms with van der Waals surface area (Å²) in [6, 6.07) is 0.974. The molecule has 0 bridgehead atoms. The summed E-state index contributed by atoms with van der Waals surface area (Å²) in [4.78, 5) is 47.3. The molecule has 2 aromatic rings. The number of amides is 1. The fourth-order valence-electron chi connectivity index (χ4n) is 3.06.